The van der Waals surface area contributed by atoms with Gasteiger partial charge in [0.25, 0.3) is 0 Å². The highest BCUT2D eigenvalue weighted by Crippen LogP contribution is 2.25. The Hall–Kier alpha value is -1.77. The Bertz CT molecular complexity index is 747. The molecule has 114 valence electrons. The molecule has 1 aromatic heterocycles. The van der Waals surface area contributed by atoms with Gasteiger partial charge >= 0.3 is 0 Å². The first-order valence-corrected chi connectivity index (χ1v) is 8.17. The van der Waals surface area contributed by atoms with Gasteiger partial charge in [-0.05, 0) is 36.2 Å². The van der Waals surface area contributed by atoms with Gasteiger partial charge in [0.15, 0.2) is 0 Å². The summed E-state index contributed by atoms with van der Waals surface area (Å²) in [5.41, 5.74) is 3.83. The van der Waals surface area contributed by atoms with E-state index in [1.54, 1.807) is 0 Å². The van der Waals surface area contributed by atoms with Gasteiger partial charge in [-0.1, -0.05) is 54.9 Å². The summed E-state index contributed by atoms with van der Waals surface area (Å²) in [4.78, 5) is 0. The predicted molar refractivity (Wildman–Crippen MR) is 94.5 cm³/mol. The van der Waals surface area contributed by atoms with Crippen LogP contribution in [0.2, 0.25) is 5.02 Å². The van der Waals surface area contributed by atoms with E-state index in [9.17, 15) is 0 Å². The molecule has 22 heavy (non-hydrogen) atoms. The third kappa shape index (κ3) is 3.34. The Labute approximate surface area is 136 Å². The number of nitrogens with zero attached hydrogens (tertiary/aromatic N) is 1. The first-order valence-electron chi connectivity index (χ1n) is 7.80. The molecule has 3 rings (SSSR count). The minimum Gasteiger partial charge on any atom is -0.343 e. The van der Waals surface area contributed by atoms with Crippen LogP contribution >= 0.6 is 11.6 Å². The molecule has 0 aliphatic heterocycles. The normalized spacial score (nSPS) is 11.2. The average molecular weight is 313 g/mol. The smallest absolute Gasteiger partial charge is 0.0501 e. The second kappa shape index (κ2) is 6.99. The lowest BCUT2D eigenvalue weighted by Crippen LogP contribution is -2.13. The van der Waals surface area contributed by atoms with E-state index < -0.39 is 0 Å². The molecule has 0 amide bonds. The molecule has 0 radical (unpaired) electrons. The molecule has 0 fully saturated rings. The molecular weight excluding hydrogens is 292 g/mol. The van der Waals surface area contributed by atoms with Gasteiger partial charge in [-0.15, -0.1) is 0 Å². The summed E-state index contributed by atoms with van der Waals surface area (Å²) in [6.45, 7) is 4.99. The maximum atomic E-state index is 6.20. The predicted octanol–water partition coefficient (Wildman–Crippen LogP) is 4.84. The van der Waals surface area contributed by atoms with E-state index in [1.165, 1.54) is 22.0 Å². The highest BCUT2D eigenvalue weighted by atomic mass is 35.5. The van der Waals surface area contributed by atoms with E-state index in [-0.39, 0.29) is 0 Å². The van der Waals surface area contributed by atoms with Crippen molar-refractivity contribution in [3.05, 3.63) is 70.9 Å². The lowest BCUT2D eigenvalue weighted by atomic mass is 10.2. The topological polar surface area (TPSA) is 17.0 Å². The van der Waals surface area contributed by atoms with Crippen molar-refractivity contribution in [2.24, 2.45) is 0 Å². The SMILES string of the molecule is CCCNCc1cn(Cc2ccccc2)c2cc(Cl)ccc12. The fourth-order valence-corrected chi connectivity index (χ4v) is 2.96. The van der Waals surface area contributed by atoms with Gasteiger partial charge in [0.05, 0.1) is 5.52 Å². The number of nitrogens with one attached hydrogen (secondary N) is 1. The molecule has 2 nitrogen and oxygen atoms in total. The first-order chi connectivity index (χ1) is 10.8. The van der Waals surface area contributed by atoms with Gasteiger partial charge in [0.1, 0.15) is 0 Å². The summed E-state index contributed by atoms with van der Waals surface area (Å²) in [6.07, 6.45) is 3.39. The van der Waals surface area contributed by atoms with Gasteiger partial charge < -0.3 is 9.88 Å². The Morgan fingerprint density at radius 2 is 1.91 bits per heavy atom. The zero-order valence-electron chi connectivity index (χ0n) is 12.8. The van der Waals surface area contributed by atoms with Crippen LogP contribution in [-0.4, -0.2) is 11.1 Å². The number of hydrogen-bond donors (Lipinski definition) is 1. The molecule has 0 saturated heterocycles. The van der Waals surface area contributed by atoms with Crippen molar-refractivity contribution >= 4 is 22.5 Å². The molecular formula is C19H21ClN2. The molecule has 1 heterocycles. The summed E-state index contributed by atoms with van der Waals surface area (Å²) < 4.78 is 2.29. The van der Waals surface area contributed by atoms with Crippen LogP contribution in [0.15, 0.2) is 54.7 Å². The van der Waals surface area contributed by atoms with Crippen molar-refractivity contribution in [1.29, 1.82) is 0 Å². The Morgan fingerprint density at radius 1 is 1.09 bits per heavy atom. The van der Waals surface area contributed by atoms with Crippen LogP contribution in [0, 0.1) is 0 Å². The van der Waals surface area contributed by atoms with Crippen LogP contribution in [0.5, 0.6) is 0 Å². The Morgan fingerprint density at radius 3 is 2.68 bits per heavy atom. The standard InChI is InChI=1S/C19H21ClN2/c1-2-10-21-12-16-14-22(13-15-6-4-3-5-7-15)19-11-17(20)8-9-18(16)19/h3-9,11,14,21H,2,10,12-13H2,1H3. The van der Waals surface area contributed by atoms with Crippen molar-refractivity contribution in [2.75, 3.05) is 6.54 Å². The number of rotatable bonds is 6. The molecule has 3 aromatic rings. The van der Waals surface area contributed by atoms with E-state index in [4.69, 9.17) is 11.6 Å². The summed E-state index contributed by atoms with van der Waals surface area (Å²) in [5, 5.41) is 5.56. The van der Waals surface area contributed by atoms with Crippen LogP contribution in [0.4, 0.5) is 0 Å². The van der Waals surface area contributed by atoms with Crippen LogP contribution in [-0.2, 0) is 13.1 Å². The highest BCUT2D eigenvalue weighted by Gasteiger charge is 2.09. The number of fused-ring (bicyclic) bond motifs is 1. The van der Waals surface area contributed by atoms with Crippen LogP contribution in [0.25, 0.3) is 10.9 Å². The largest absolute Gasteiger partial charge is 0.343 e. The first kappa shape index (κ1) is 15.1. The molecule has 3 heteroatoms. The van der Waals surface area contributed by atoms with Crippen LogP contribution in [0.1, 0.15) is 24.5 Å². The molecule has 0 spiro atoms. The highest BCUT2D eigenvalue weighted by molar-refractivity contribution is 6.31. The molecule has 0 bridgehead atoms. The fraction of sp³-hybridized carbons (Fsp3) is 0.263. The monoisotopic (exact) mass is 312 g/mol. The third-order valence-corrected chi connectivity index (χ3v) is 4.10. The van der Waals surface area contributed by atoms with Crippen molar-refractivity contribution < 1.29 is 0 Å². The van der Waals surface area contributed by atoms with Crippen molar-refractivity contribution in [2.45, 2.75) is 26.4 Å². The molecule has 0 unspecified atom stereocenters. The lowest BCUT2D eigenvalue weighted by molar-refractivity contribution is 0.675. The van der Waals surface area contributed by atoms with E-state index in [0.29, 0.717) is 0 Å². The van der Waals surface area contributed by atoms with Gasteiger partial charge in [-0.25, -0.2) is 0 Å². The van der Waals surface area contributed by atoms with Gasteiger partial charge in [0.2, 0.25) is 0 Å². The molecule has 0 atom stereocenters. The van der Waals surface area contributed by atoms with E-state index >= 15 is 0 Å². The van der Waals surface area contributed by atoms with Crippen molar-refractivity contribution in [3.63, 3.8) is 0 Å². The second-order valence-corrected chi connectivity index (χ2v) is 6.04. The van der Waals surface area contributed by atoms with Gasteiger partial charge in [-0.2, -0.15) is 0 Å². The van der Waals surface area contributed by atoms with Crippen LogP contribution < -0.4 is 5.32 Å². The number of halogens is 1. The minimum atomic E-state index is 0.785. The maximum absolute atomic E-state index is 6.20. The summed E-state index contributed by atoms with van der Waals surface area (Å²) >= 11 is 6.20. The van der Waals surface area contributed by atoms with Crippen molar-refractivity contribution in [1.82, 2.24) is 9.88 Å². The van der Waals surface area contributed by atoms with Gasteiger partial charge in [-0.3, -0.25) is 0 Å². The Balaban J connectivity index is 1.96. The second-order valence-electron chi connectivity index (χ2n) is 5.61. The average Bonchev–Trinajstić information content (AvgIpc) is 2.86. The van der Waals surface area contributed by atoms with Crippen LogP contribution in [0.3, 0.4) is 0 Å². The summed E-state index contributed by atoms with van der Waals surface area (Å²) in [6, 6.07) is 16.7. The molecule has 0 aliphatic carbocycles. The maximum Gasteiger partial charge on any atom is 0.0501 e. The zero-order valence-corrected chi connectivity index (χ0v) is 13.6. The Kier molecular flexibility index (Phi) is 4.81. The summed E-state index contributed by atoms with van der Waals surface area (Å²) in [7, 11) is 0. The number of hydrogen-bond acceptors (Lipinski definition) is 1. The zero-order chi connectivity index (χ0) is 15.4. The minimum absolute atomic E-state index is 0.785. The van der Waals surface area contributed by atoms with E-state index in [2.05, 4.69) is 59.4 Å². The molecule has 0 aliphatic rings. The summed E-state index contributed by atoms with van der Waals surface area (Å²) in [5.74, 6) is 0. The molecule has 1 N–H and O–H groups in total. The lowest BCUT2D eigenvalue weighted by Gasteiger charge is -2.05. The van der Waals surface area contributed by atoms with Gasteiger partial charge in [0, 0.05) is 29.7 Å². The quantitative estimate of drug-likeness (QED) is 0.644. The fourth-order valence-electron chi connectivity index (χ4n) is 2.79. The van der Waals surface area contributed by atoms with E-state index in [0.717, 1.165) is 31.1 Å². The van der Waals surface area contributed by atoms with Crippen molar-refractivity contribution in [3.8, 4) is 0 Å². The third-order valence-electron chi connectivity index (χ3n) is 3.86. The number of benzene rings is 2. The number of aromatic nitrogens is 1. The molecule has 2 aromatic carbocycles. The molecule has 0 saturated carbocycles. The van der Waals surface area contributed by atoms with E-state index in [1.807, 2.05) is 12.1 Å².